The maximum atomic E-state index is 12.1. The Kier molecular flexibility index (Phi) is 3.64. The van der Waals surface area contributed by atoms with Crippen LogP contribution in [0.3, 0.4) is 0 Å². The third-order valence-corrected chi connectivity index (χ3v) is 3.74. The number of hydrogen-bond donors (Lipinski definition) is 1. The molecule has 0 aliphatic rings. The van der Waals surface area contributed by atoms with Crippen molar-refractivity contribution in [1.29, 1.82) is 5.26 Å². The summed E-state index contributed by atoms with van der Waals surface area (Å²) in [5, 5.41) is 9.24. The lowest BCUT2D eigenvalue weighted by Gasteiger charge is -2.07. The zero-order valence-corrected chi connectivity index (χ0v) is 11.0. The molecule has 0 spiro atoms. The number of pyridine rings is 2. The molecule has 0 atom stereocenters. The van der Waals surface area contributed by atoms with Crippen molar-refractivity contribution in [3.05, 3.63) is 47.4 Å². The molecule has 2 rings (SSSR count). The van der Waals surface area contributed by atoms with Crippen LogP contribution in [0.25, 0.3) is 0 Å². The smallest absolute Gasteiger partial charge is 0.263 e. The van der Waals surface area contributed by atoms with Crippen LogP contribution >= 0.6 is 11.6 Å². The van der Waals surface area contributed by atoms with Crippen LogP contribution in [-0.2, 0) is 10.0 Å². The van der Waals surface area contributed by atoms with E-state index in [1.165, 1.54) is 36.7 Å². The van der Waals surface area contributed by atoms with Crippen molar-refractivity contribution in [2.24, 2.45) is 0 Å². The summed E-state index contributed by atoms with van der Waals surface area (Å²) in [4.78, 5) is 7.32. The van der Waals surface area contributed by atoms with Gasteiger partial charge in [0.05, 0.1) is 5.02 Å². The number of nitrogens with one attached hydrogen (secondary N) is 1. The van der Waals surface area contributed by atoms with Gasteiger partial charge in [0.15, 0.2) is 5.69 Å². The van der Waals surface area contributed by atoms with E-state index in [0.29, 0.717) is 5.02 Å². The molecule has 19 heavy (non-hydrogen) atoms. The topological polar surface area (TPSA) is 95.7 Å². The Morgan fingerprint density at radius 1 is 1.26 bits per heavy atom. The van der Waals surface area contributed by atoms with Gasteiger partial charge in [0, 0.05) is 12.4 Å². The summed E-state index contributed by atoms with van der Waals surface area (Å²) in [5.41, 5.74) is -0.177. The minimum Gasteiger partial charge on any atom is -0.263 e. The monoisotopic (exact) mass is 294 g/mol. The summed E-state index contributed by atoms with van der Waals surface area (Å²) >= 11 is 5.65. The van der Waals surface area contributed by atoms with Crippen molar-refractivity contribution in [1.82, 2.24) is 9.97 Å². The average molecular weight is 295 g/mol. The zero-order valence-electron chi connectivity index (χ0n) is 9.41. The Morgan fingerprint density at radius 2 is 2.05 bits per heavy atom. The largest absolute Gasteiger partial charge is 0.265 e. The van der Waals surface area contributed by atoms with E-state index in [0.717, 1.165) is 0 Å². The molecule has 0 aliphatic heterocycles. The summed E-state index contributed by atoms with van der Waals surface area (Å²) in [6.45, 7) is 0. The summed E-state index contributed by atoms with van der Waals surface area (Å²) in [6, 6.07) is 7.38. The van der Waals surface area contributed by atoms with Gasteiger partial charge in [-0.3, -0.25) is 4.72 Å². The Bertz CT molecular complexity index is 738. The third-order valence-electron chi connectivity index (χ3n) is 2.13. The number of sulfonamides is 1. The SMILES string of the molecule is N#Cc1ncccc1S(=O)(=O)Nc1ccc(Cl)cn1. The molecular weight excluding hydrogens is 288 g/mol. The van der Waals surface area contributed by atoms with Gasteiger partial charge in [0.25, 0.3) is 10.0 Å². The van der Waals surface area contributed by atoms with Gasteiger partial charge < -0.3 is 0 Å². The van der Waals surface area contributed by atoms with Crippen LogP contribution in [-0.4, -0.2) is 18.4 Å². The van der Waals surface area contributed by atoms with Crippen LogP contribution in [0.5, 0.6) is 0 Å². The summed E-state index contributed by atoms with van der Waals surface area (Å²) in [7, 11) is -3.91. The highest BCUT2D eigenvalue weighted by Gasteiger charge is 2.19. The third kappa shape index (κ3) is 2.99. The summed E-state index contributed by atoms with van der Waals surface area (Å²) in [6.07, 6.45) is 2.66. The van der Waals surface area contributed by atoms with Crippen LogP contribution in [0.1, 0.15) is 5.69 Å². The Hall–Kier alpha value is -2.17. The van der Waals surface area contributed by atoms with Crippen molar-refractivity contribution < 1.29 is 8.42 Å². The Morgan fingerprint density at radius 3 is 2.68 bits per heavy atom. The molecule has 96 valence electrons. The molecule has 0 bridgehead atoms. The van der Waals surface area contributed by atoms with Crippen molar-refractivity contribution in [3.8, 4) is 6.07 Å². The van der Waals surface area contributed by atoms with E-state index in [2.05, 4.69) is 14.7 Å². The van der Waals surface area contributed by atoms with Gasteiger partial charge in [-0.25, -0.2) is 18.4 Å². The molecule has 0 saturated carbocycles. The molecule has 0 saturated heterocycles. The van der Waals surface area contributed by atoms with Crippen LogP contribution in [0, 0.1) is 11.3 Å². The van der Waals surface area contributed by atoms with E-state index in [1.807, 2.05) is 0 Å². The predicted molar refractivity (Wildman–Crippen MR) is 69.0 cm³/mol. The molecule has 0 aliphatic carbocycles. The maximum absolute atomic E-state index is 12.1. The lowest BCUT2D eigenvalue weighted by atomic mass is 10.4. The van der Waals surface area contributed by atoms with Gasteiger partial charge in [0.2, 0.25) is 0 Å². The van der Waals surface area contributed by atoms with Gasteiger partial charge in [-0.2, -0.15) is 5.26 Å². The molecule has 0 radical (unpaired) electrons. The second-order valence-electron chi connectivity index (χ2n) is 3.43. The fourth-order valence-corrected chi connectivity index (χ4v) is 2.55. The van der Waals surface area contributed by atoms with E-state index in [1.54, 1.807) is 6.07 Å². The molecule has 6 nitrogen and oxygen atoms in total. The van der Waals surface area contributed by atoms with E-state index in [-0.39, 0.29) is 16.4 Å². The molecule has 8 heteroatoms. The van der Waals surface area contributed by atoms with Crippen LogP contribution < -0.4 is 4.72 Å². The first-order valence-corrected chi connectivity index (χ1v) is 6.88. The van der Waals surface area contributed by atoms with Gasteiger partial charge >= 0.3 is 0 Å². The standard InChI is InChI=1S/C11H7ClN4O2S/c12-8-3-4-11(15-7-8)16-19(17,18)10-2-1-5-14-9(10)6-13/h1-5,7H,(H,15,16). The first kappa shape index (κ1) is 13.3. The lowest BCUT2D eigenvalue weighted by Crippen LogP contribution is -2.15. The molecule has 0 amide bonds. The van der Waals surface area contributed by atoms with Crippen molar-refractivity contribution in [2.75, 3.05) is 4.72 Å². The van der Waals surface area contributed by atoms with Gasteiger partial charge in [-0.1, -0.05) is 11.6 Å². The van der Waals surface area contributed by atoms with Crippen molar-refractivity contribution in [3.63, 3.8) is 0 Å². The fourth-order valence-electron chi connectivity index (χ4n) is 1.32. The van der Waals surface area contributed by atoms with Crippen molar-refractivity contribution in [2.45, 2.75) is 4.90 Å². The minimum atomic E-state index is -3.91. The number of hydrogen-bond acceptors (Lipinski definition) is 5. The number of rotatable bonds is 3. The second-order valence-corrected chi connectivity index (χ2v) is 5.52. The zero-order chi connectivity index (χ0) is 13.9. The van der Waals surface area contributed by atoms with Gasteiger partial charge in [0.1, 0.15) is 16.8 Å². The van der Waals surface area contributed by atoms with Gasteiger partial charge in [-0.15, -0.1) is 0 Å². The highest BCUT2D eigenvalue weighted by Crippen LogP contribution is 2.17. The van der Waals surface area contributed by atoms with E-state index in [9.17, 15) is 8.42 Å². The number of nitrogens with zero attached hydrogens (tertiary/aromatic N) is 3. The molecule has 0 fully saturated rings. The van der Waals surface area contributed by atoms with E-state index in [4.69, 9.17) is 16.9 Å². The quantitative estimate of drug-likeness (QED) is 0.931. The molecule has 0 aromatic carbocycles. The molecule has 2 aromatic rings. The Balaban J connectivity index is 2.38. The second kappa shape index (κ2) is 5.22. The normalized spacial score (nSPS) is 10.7. The van der Waals surface area contributed by atoms with Crippen molar-refractivity contribution >= 4 is 27.4 Å². The average Bonchev–Trinajstić information content (AvgIpc) is 2.41. The predicted octanol–water partition coefficient (Wildman–Crippen LogP) is 1.80. The number of halogens is 1. The van der Waals surface area contributed by atoms with E-state index < -0.39 is 10.0 Å². The first-order valence-electron chi connectivity index (χ1n) is 5.02. The first-order chi connectivity index (χ1) is 9.03. The van der Waals surface area contributed by atoms with Crippen LogP contribution in [0.2, 0.25) is 5.02 Å². The number of aromatic nitrogens is 2. The minimum absolute atomic E-state index is 0.108. The number of nitriles is 1. The Labute approximate surface area is 114 Å². The van der Waals surface area contributed by atoms with Crippen LogP contribution in [0.15, 0.2) is 41.6 Å². The van der Waals surface area contributed by atoms with Gasteiger partial charge in [-0.05, 0) is 24.3 Å². The maximum Gasteiger partial charge on any atom is 0.265 e. The fraction of sp³-hybridized carbons (Fsp3) is 0. The molecule has 1 N–H and O–H groups in total. The molecule has 0 unspecified atom stereocenters. The highest BCUT2D eigenvalue weighted by atomic mass is 35.5. The van der Waals surface area contributed by atoms with Crippen LogP contribution in [0.4, 0.5) is 5.82 Å². The number of anilines is 1. The molecular formula is C11H7ClN4O2S. The summed E-state index contributed by atoms with van der Waals surface area (Å²) in [5.74, 6) is 0.108. The van der Waals surface area contributed by atoms with E-state index >= 15 is 0 Å². The summed E-state index contributed by atoms with van der Waals surface area (Å²) < 4.78 is 26.4. The highest BCUT2D eigenvalue weighted by molar-refractivity contribution is 7.92. The lowest BCUT2D eigenvalue weighted by molar-refractivity contribution is 0.600. The molecule has 2 heterocycles. The molecule has 2 aromatic heterocycles.